The molecule has 17 heteroatoms. The van der Waals surface area contributed by atoms with Crippen LogP contribution in [0, 0.1) is 11.8 Å². The summed E-state index contributed by atoms with van der Waals surface area (Å²) in [5, 5.41) is 10.7. The number of alkyl carbamates (subject to hydrolysis) is 2. The molecular weight excluding hydrogens is 793 g/mol. The summed E-state index contributed by atoms with van der Waals surface area (Å²) in [6, 6.07) is 14.8. The van der Waals surface area contributed by atoms with Crippen LogP contribution in [0.15, 0.2) is 60.7 Å². The summed E-state index contributed by atoms with van der Waals surface area (Å²) in [4.78, 5) is 92.1. The molecule has 0 radical (unpaired) electrons. The molecule has 16 nitrogen and oxygen atoms in total. The van der Waals surface area contributed by atoms with Gasteiger partial charge in [0.2, 0.25) is 25.1 Å². The number of carbonyl (C=O) groups is 6. The molecule has 0 spiro atoms. The molecule has 60 heavy (non-hydrogen) atoms. The molecule has 332 valence electrons. The fourth-order valence-electron chi connectivity index (χ4n) is 6.83. The van der Waals surface area contributed by atoms with Crippen LogP contribution in [-0.4, -0.2) is 102 Å². The van der Waals surface area contributed by atoms with Crippen LogP contribution in [0.4, 0.5) is 9.59 Å². The van der Waals surface area contributed by atoms with Gasteiger partial charge in [-0.15, -0.1) is 0 Å². The number of hydrogen-bond acceptors (Lipinski definition) is 10. The Morgan fingerprint density at radius 3 is 2.10 bits per heavy atom. The molecule has 2 aromatic rings. The van der Waals surface area contributed by atoms with Gasteiger partial charge in [0.25, 0.3) is 0 Å². The van der Waals surface area contributed by atoms with Crippen LogP contribution in [0.2, 0.25) is 0 Å². The van der Waals surface area contributed by atoms with Crippen LogP contribution >= 0.6 is 7.37 Å². The predicted octanol–water partition coefficient (Wildman–Crippen LogP) is 5.26. The number of methoxy groups -OCH3 is 1. The molecule has 1 saturated heterocycles. The highest BCUT2D eigenvalue weighted by molar-refractivity contribution is 7.58. The number of benzene rings is 2. The van der Waals surface area contributed by atoms with Crippen molar-refractivity contribution in [3.05, 3.63) is 71.8 Å². The summed E-state index contributed by atoms with van der Waals surface area (Å²) in [6.07, 6.45) is 0.0503. The predicted molar refractivity (Wildman–Crippen MR) is 226 cm³/mol. The highest BCUT2D eigenvalue weighted by Gasteiger charge is 2.42. The molecule has 0 bridgehead atoms. The standard InChI is InChI=1S/C43H64N5O11P/c1-29(2)25-34(40(52)57-7)45-38(50)35-22-16-24-48(35)39(51)30(3)28-60(55,56)36(26-31-17-10-8-11-18-31)47-37(49)33(21-14-15-23-44-41(53)59-43(4,5)6)46-42(54)58-27-32-19-12-9-13-20-32/h8-13,17-20,29-30,33-36H,14-16,21-28H2,1-7H3,(H,44,53)(H,45,50)(H,46,54)(H,47,49)(H,55,56)/t30?,33-,34-,35-,36?/m0/s1. The van der Waals surface area contributed by atoms with Gasteiger partial charge in [0.1, 0.15) is 36.1 Å². The Labute approximate surface area is 353 Å². The number of esters is 1. The average molecular weight is 858 g/mol. The number of unbranched alkanes of at least 4 members (excludes halogenated alkanes) is 1. The maximum atomic E-state index is 14.4. The molecule has 3 unspecified atom stereocenters. The first kappa shape index (κ1) is 49.4. The minimum absolute atomic E-state index is 0.0570. The smallest absolute Gasteiger partial charge is 0.408 e. The van der Waals surface area contributed by atoms with E-state index in [1.807, 2.05) is 19.9 Å². The molecule has 1 aliphatic heterocycles. The van der Waals surface area contributed by atoms with E-state index >= 15 is 0 Å². The van der Waals surface area contributed by atoms with Gasteiger partial charge in [-0.3, -0.25) is 18.9 Å². The van der Waals surface area contributed by atoms with E-state index in [9.17, 15) is 38.2 Å². The summed E-state index contributed by atoms with van der Waals surface area (Å²) in [5.74, 6) is -4.67. The van der Waals surface area contributed by atoms with Crippen molar-refractivity contribution in [3.8, 4) is 0 Å². The zero-order chi connectivity index (χ0) is 44.5. The molecule has 2 aromatic carbocycles. The maximum Gasteiger partial charge on any atom is 0.408 e. The Kier molecular flexibility index (Phi) is 19.5. The second kappa shape index (κ2) is 23.7. The first-order valence-corrected chi connectivity index (χ1v) is 22.5. The van der Waals surface area contributed by atoms with Crippen molar-refractivity contribution >= 4 is 43.2 Å². The van der Waals surface area contributed by atoms with Crippen LogP contribution in [0.1, 0.15) is 91.2 Å². The Bertz CT molecular complexity index is 1770. The maximum absolute atomic E-state index is 14.4. The number of carbonyl (C=O) groups excluding carboxylic acids is 6. The van der Waals surface area contributed by atoms with Crippen LogP contribution in [0.25, 0.3) is 0 Å². The lowest BCUT2D eigenvalue weighted by atomic mass is 10.0. The van der Waals surface area contributed by atoms with Crippen molar-refractivity contribution in [2.45, 2.75) is 123 Å². The molecular formula is C43H64N5O11P. The van der Waals surface area contributed by atoms with E-state index in [4.69, 9.17) is 14.2 Å². The molecule has 3 rings (SSSR count). The number of nitrogens with zero attached hydrogens (tertiary/aromatic N) is 1. The van der Waals surface area contributed by atoms with Gasteiger partial charge >= 0.3 is 18.2 Å². The van der Waals surface area contributed by atoms with E-state index in [-0.39, 0.29) is 38.5 Å². The second-order valence-corrected chi connectivity index (χ2v) is 19.1. The summed E-state index contributed by atoms with van der Waals surface area (Å²) in [7, 11) is -3.17. The van der Waals surface area contributed by atoms with Gasteiger partial charge < -0.3 is 45.3 Å². The van der Waals surface area contributed by atoms with E-state index in [1.54, 1.807) is 75.4 Å². The lowest BCUT2D eigenvalue weighted by molar-refractivity contribution is -0.147. The van der Waals surface area contributed by atoms with Crippen molar-refractivity contribution in [3.63, 3.8) is 0 Å². The fraction of sp³-hybridized carbons (Fsp3) is 0.581. The minimum atomic E-state index is -4.41. The van der Waals surface area contributed by atoms with E-state index in [0.717, 1.165) is 5.56 Å². The van der Waals surface area contributed by atoms with Gasteiger partial charge in [-0.2, -0.15) is 0 Å². The van der Waals surface area contributed by atoms with Gasteiger partial charge in [-0.25, -0.2) is 14.4 Å². The van der Waals surface area contributed by atoms with Crippen molar-refractivity contribution in [2.24, 2.45) is 11.8 Å². The Morgan fingerprint density at radius 1 is 0.867 bits per heavy atom. The van der Waals surface area contributed by atoms with Crippen LogP contribution < -0.4 is 21.3 Å². The molecule has 0 aromatic heterocycles. The number of ether oxygens (including phenoxy) is 3. The van der Waals surface area contributed by atoms with Gasteiger partial charge in [-0.05, 0) is 76.3 Å². The van der Waals surface area contributed by atoms with Crippen molar-refractivity contribution in [1.29, 1.82) is 0 Å². The normalized spacial score (nSPS) is 16.9. The Balaban J connectivity index is 1.78. The second-order valence-electron chi connectivity index (χ2n) is 16.6. The van der Waals surface area contributed by atoms with Gasteiger partial charge in [0, 0.05) is 31.6 Å². The van der Waals surface area contributed by atoms with E-state index in [0.29, 0.717) is 37.7 Å². The Hall–Kier alpha value is -4.95. The van der Waals surface area contributed by atoms with E-state index in [1.165, 1.54) is 18.9 Å². The molecule has 1 fully saturated rings. The summed E-state index contributed by atoms with van der Waals surface area (Å²) < 4.78 is 29.9. The lowest BCUT2D eigenvalue weighted by Crippen LogP contribution is -2.52. The SMILES string of the molecule is COC(=O)[C@H](CC(C)C)NC(=O)[C@@H]1CCCN1C(=O)C(C)CP(=O)(O)C(Cc1ccccc1)NC(=O)[C@H](CCCCNC(=O)OC(C)(C)C)NC(=O)OCc1ccccc1. The van der Waals surface area contributed by atoms with Gasteiger partial charge in [-0.1, -0.05) is 81.4 Å². The summed E-state index contributed by atoms with van der Waals surface area (Å²) in [5.41, 5.74) is 0.697. The van der Waals surface area contributed by atoms with Crippen molar-refractivity contribution in [2.75, 3.05) is 26.4 Å². The van der Waals surface area contributed by atoms with E-state index < -0.39 is 84.8 Å². The third-order valence-electron chi connectivity index (χ3n) is 9.78. The molecule has 0 aliphatic carbocycles. The first-order chi connectivity index (χ1) is 28.3. The highest BCUT2D eigenvalue weighted by Crippen LogP contribution is 2.48. The lowest BCUT2D eigenvalue weighted by Gasteiger charge is -2.31. The number of hydrogen-bond donors (Lipinski definition) is 5. The molecule has 6 atom stereocenters. The van der Waals surface area contributed by atoms with Crippen LogP contribution in [0.5, 0.6) is 0 Å². The van der Waals surface area contributed by atoms with Crippen LogP contribution in [-0.2, 0) is 51.0 Å². The third-order valence-corrected chi connectivity index (χ3v) is 12.1. The molecule has 5 amide bonds. The monoisotopic (exact) mass is 857 g/mol. The molecule has 5 N–H and O–H groups in total. The molecule has 1 aliphatic rings. The molecule has 0 saturated carbocycles. The minimum Gasteiger partial charge on any atom is -0.467 e. The fourth-order valence-corrected chi connectivity index (χ4v) is 8.85. The highest BCUT2D eigenvalue weighted by atomic mass is 31.2. The number of amides is 5. The van der Waals surface area contributed by atoms with Gasteiger partial charge in [0.05, 0.1) is 7.11 Å². The van der Waals surface area contributed by atoms with Crippen molar-refractivity contribution < 1.29 is 52.4 Å². The summed E-state index contributed by atoms with van der Waals surface area (Å²) >= 11 is 0. The third kappa shape index (κ3) is 17.0. The largest absolute Gasteiger partial charge is 0.467 e. The molecule has 1 heterocycles. The summed E-state index contributed by atoms with van der Waals surface area (Å²) in [6.45, 7) is 11.0. The van der Waals surface area contributed by atoms with E-state index in [2.05, 4.69) is 21.3 Å². The first-order valence-electron chi connectivity index (χ1n) is 20.6. The average Bonchev–Trinajstić information content (AvgIpc) is 3.68. The quantitative estimate of drug-likeness (QED) is 0.0472. The number of rotatable bonds is 21. The number of nitrogens with one attached hydrogen (secondary N) is 4. The topological polar surface area (TPSA) is 219 Å². The van der Waals surface area contributed by atoms with Crippen molar-refractivity contribution in [1.82, 2.24) is 26.2 Å². The number of likely N-dealkylation sites (tertiary alicyclic amines) is 1. The zero-order valence-corrected chi connectivity index (χ0v) is 36.8. The van der Waals surface area contributed by atoms with Crippen LogP contribution in [0.3, 0.4) is 0 Å². The van der Waals surface area contributed by atoms with Gasteiger partial charge in [0.15, 0.2) is 0 Å². The Morgan fingerprint density at radius 2 is 1.50 bits per heavy atom. The zero-order valence-electron chi connectivity index (χ0n) is 35.9.